The summed E-state index contributed by atoms with van der Waals surface area (Å²) in [4.78, 5) is 0. The summed E-state index contributed by atoms with van der Waals surface area (Å²) < 4.78 is 0. The first-order valence-corrected chi connectivity index (χ1v) is 5.81. The molecule has 1 aromatic carbocycles. The lowest BCUT2D eigenvalue weighted by Gasteiger charge is -2.08. The van der Waals surface area contributed by atoms with Crippen LogP contribution in [0.2, 0.25) is 0 Å². The Morgan fingerprint density at radius 2 is 1.83 bits per heavy atom. The standard InChI is InChI=1S/C10H12OS/c1-12(2)8-10(11)9-6-4-3-5-7-9/h3-8H,1-2H3/b10-8-. The Morgan fingerprint density at radius 1 is 1.25 bits per heavy atom. The molecule has 0 fully saturated rings. The van der Waals surface area contributed by atoms with Crippen molar-refractivity contribution in [1.82, 2.24) is 0 Å². The molecule has 0 saturated heterocycles. The first-order chi connectivity index (χ1) is 5.70. The SMILES string of the molecule is C[S+](C)/C=C(\[O-])c1ccccc1. The Bertz CT molecular complexity index is 264. The molecular formula is C10H12OS. The summed E-state index contributed by atoms with van der Waals surface area (Å²) in [6.07, 6.45) is 4.06. The highest BCUT2D eigenvalue weighted by Gasteiger charge is 1.96. The third-order valence-electron chi connectivity index (χ3n) is 1.40. The van der Waals surface area contributed by atoms with E-state index in [-0.39, 0.29) is 16.7 Å². The smallest absolute Gasteiger partial charge is 0.111 e. The van der Waals surface area contributed by atoms with E-state index in [0.29, 0.717) is 0 Å². The number of hydrogen-bond acceptors (Lipinski definition) is 1. The highest BCUT2D eigenvalue weighted by molar-refractivity contribution is 7.98. The fourth-order valence-corrected chi connectivity index (χ4v) is 1.45. The molecule has 0 aromatic heterocycles. The van der Waals surface area contributed by atoms with Crippen molar-refractivity contribution >= 4 is 16.7 Å². The maximum Gasteiger partial charge on any atom is 0.111 e. The van der Waals surface area contributed by atoms with E-state index >= 15 is 0 Å². The Hall–Kier alpha value is -0.890. The zero-order valence-corrected chi connectivity index (χ0v) is 8.10. The molecular weight excluding hydrogens is 168 g/mol. The molecule has 0 heterocycles. The summed E-state index contributed by atoms with van der Waals surface area (Å²) in [7, 11) is 0.0793. The zero-order valence-electron chi connectivity index (χ0n) is 7.28. The van der Waals surface area contributed by atoms with Crippen LogP contribution in [0.5, 0.6) is 0 Å². The first kappa shape index (κ1) is 9.20. The van der Waals surface area contributed by atoms with Gasteiger partial charge in [0.1, 0.15) is 17.9 Å². The lowest BCUT2D eigenvalue weighted by atomic mass is 10.2. The average molecular weight is 180 g/mol. The fraction of sp³-hybridized carbons (Fsp3) is 0.200. The topological polar surface area (TPSA) is 23.1 Å². The summed E-state index contributed by atoms with van der Waals surface area (Å²) >= 11 is 0. The molecule has 1 nitrogen and oxygen atoms in total. The van der Waals surface area contributed by atoms with Crippen LogP contribution in [0.4, 0.5) is 0 Å². The van der Waals surface area contributed by atoms with Crippen LogP contribution in [-0.2, 0) is 10.9 Å². The van der Waals surface area contributed by atoms with Crippen LogP contribution in [0.25, 0.3) is 5.76 Å². The van der Waals surface area contributed by atoms with Gasteiger partial charge in [0.05, 0.1) is 0 Å². The van der Waals surface area contributed by atoms with Crippen molar-refractivity contribution in [3.05, 3.63) is 41.3 Å². The van der Waals surface area contributed by atoms with Crippen molar-refractivity contribution in [1.29, 1.82) is 0 Å². The normalized spacial score (nSPS) is 12.1. The van der Waals surface area contributed by atoms with Gasteiger partial charge >= 0.3 is 0 Å². The predicted octanol–water partition coefficient (Wildman–Crippen LogP) is 1.22. The number of hydrogen-bond donors (Lipinski definition) is 0. The van der Waals surface area contributed by atoms with Gasteiger partial charge in [0.25, 0.3) is 0 Å². The van der Waals surface area contributed by atoms with E-state index in [9.17, 15) is 5.11 Å². The quantitative estimate of drug-likeness (QED) is 0.496. The van der Waals surface area contributed by atoms with Crippen LogP contribution in [0.15, 0.2) is 35.7 Å². The van der Waals surface area contributed by atoms with Crippen molar-refractivity contribution in [3.8, 4) is 0 Å². The second-order valence-electron chi connectivity index (χ2n) is 2.73. The van der Waals surface area contributed by atoms with Gasteiger partial charge in [-0.25, -0.2) is 0 Å². The van der Waals surface area contributed by atoms with Gasteiger partial charge < -0.3 is 5.11 Å². The van der Waals surface area contributed by atoms with E-state index < -0.39 is 0 Å². The molecule has 0 aliphatic rings. The molecule has 0 bridgehead atoms. The van der Waals surface area contributed by atoms with Crippen LogP contribution in [0.1, 0.15) is 5.56 Å². The largest absolute Gasteiger partial charge is 0.869 e. The molecule has 2 heteroatoms. The minimum atomic E-state index is 0.0793. The third-order valence-corrected chi connectivity index (χ3v) is 2.09. The molecule has 0 spiro atoms. The Balaban J connectivity index is 2.85. The minimum absolute atomic E-state index is 0.0793. The molecule has 12 heavy (non-hydrogen) atoms. The Labute approximate surface area is 76.1 Å². The molecule has 0 N–H and O–H groups in total. The van der Waals surface area contributed by atoms with E-state index in [1.165, 1.54) is 0 Å². The highest BCUT2D eigenvalue weighted by Crippen LogP contribution is 2.08. The minimum Gasteiger partial charge on any atom is -0.869 e. The van der Waals surface area contributed by atoms with Gasteiger partial charge in [0, 0.05) is 10.9 Å². The lowest BCUT2D eigenvalue weighted by Crippen LogP contribution is -2.04. The van der Waals surface area contributed by atoms with E-state index in [2.05, 4.69) is 0 Å². The Kier molecular flexibility index (Phi) is 3.23. The maximum atomic E-state index is 11.4. The van der Waals surface area contributed by atoms with Crippen molar-refractivity contribution in [2.24, 2.45) is 0 Å². The molecule has 0 aliphatic carbocycles. The molecule has 64 valence electrons. The van der Waals surface area contributed by atoms with Crippen molar-refractivity contribution in [2.45, 2.75) is 0 Å². The first-order valence-electron chi connectivity index (χ1n) is 3.71. The van der Waals surface area contributed by atoms with Gasteiger partial charge in [-0.2, -0.15) is 0 Å². The zero-order chi connectivity index (χ0) is 8.97. The molecule has 0 atom stereocenters. The molecule has 0 radical (unpaired) electrons. The maximum absolute atomic E-state index is 11.4. The molecule has 0 amide bonds. The van der Waals surface area contributed by atoms with Gasteiger partial charge in [0.2, 0.25) is 0 Å². The summed E-state index contributed by atoms with van der Waals surface area (Å²) in [5, 5.41) is 13.2. The molecule has 1 aromatic rings. The van der Waals surface area contributed by atoms with Crippen LogP contribution < -0.4 is 5.11 Å². The fourth-order valence-electron chi connectivity index (χ4n) is 0.885. The van der Waals surface area contributed by atoms with Crippen LogP contribution in [0.3, 0.4) is 0 Å². The summed E-state index contributed by atoms with van der Waals surface area (Å²) in [6.45, 7) is 0. The van der Waals surface area contributed by atoms with Crippen LogP contribution in [0, 0.1) is 0 Å². The average Bonchev–Trinajstić information content (AvgIpc) is 2.05. The second-order valence-corrected chi connectivity index (χ2v) is 4.72. The molecule has 0 saturated carbocycles. The van der Waals surface area contributed by atoms with E-state index in [1.807, 2.05) is 42.8 Å². The van der Waals surface area contributed by atoms with Crippen molar-refractivity contribution < 1.29 is 5.11 Å². The van der Waals surface area contributed by atoms with Gasteiger partial charge in [0.15, 0.2) is 0 Å². The van der Waals surface area contributed by atoms with Gasteiger partial charge in [-0.15, -0.1) is 0 Å². The van der Waals surface area contributed by atoms with E-state index in [0.717, 1.165) is 5.56 Å². The number of benzene rings is 1. The van der Waals surface area contributed by atoms with Crippen LogP contribution in [-0.4, -0.2) is 12.5 Å². The van der Waals surface area contributed by atoms with E-state index in [4.69, 9.17) is 0 Å². The van der Waals surface area contributed by atoms with Crippen molar-refractivity contribution in [3.63, 3.8) is 0 Å². The lowest BCUT2D eigenvalue weighted by molar-refractivity contribution is -0.243. The summed E-state index contributed by atoms with van der Waals surface area (Å²) in [5.74, 6) is 0.129. The van der Waals surface area contributed by atoms with Crippen LogP contribution >= 0.6 is 0 Å². The third kappa shape index (κ3) is 2.62. The molecule has 0 unspecified atom stereocenters. The van der Waals surface area contributed by atoms with Gasteiger partial charge in [-0.05, 0) is 5.56 Å². The monoisotopic (exact) mass is 180 g/mol. The Morgan fingerprint density at radius 3 is 2.33 bits per heavy atom. The second kappa shape index (κ2) is 4.21. The van der Waals surface area contributed by atoms with Gasteiger partial charge in [-0.3, -0.25) is 0 Å². The summed E-state index contributed by atoms with van der Waals surface area (Å²) in [6, 6.07) is 9.35. The van der Waals surface area contributed by atoms with Crippen molar-refractivity contribution in [2.75, 3.05) is 12.5 Å². The van der Waals surface area contributed by atoms with Gasteiger partial charge in [-0.1, -0.05) is 36.1 Å². The van der Waals surface area contributed by atoms with E-state index in [1.54, 1.807) is 5.41 Å². The number of rotatable bonds is 2. The molecule has 1 rings (SSSR count). The predicted molar refractivity (Wildman–Crippen MR) is 53.6 cm³/mol. The highest BCUT2D eigenvalue weighted by atomic mass is 32.2. The summed E-state index contributed by atoms with van der Waals surface area (Å²) in [5.41, 5.74) is 0.777. The molecule has 0 aliphatic heterocycles.